The molecular weight excluding hydrogens is 228 g/mol. The van der Waals surface area contributed by atoms with Gasteiger partial charge in [0.25, 0.3) is 0 Å². The molecule has 102 valence electrons. The number of hydrogen-bond acceptors (Lipinski definition) is 4. The predicted molar refractivity (Wildman–Crippen MR) is 71.4 cm³/mol. The molecule has 0 aliphatic heterocycles. The van der Waals surface area contributed by atoms with Crippen LogP contribution in [0.3, 0.4) is 0 Å². The molecule has 0 radical (unpaired) electrons. The Labute approximate surface area is 109 Å². The van der Waals surface area contributed by atoms with Gasteiger partial charge in [-0.15, -0.1) is 0 Å². The van der Waals surface area contributed by atoms with Crippen LogP contribution in [0.25, 0.3) is 0 Å². The van der Waals surface area contributed by atoms with Gasteiger partial charge in [-0.05, 0) is 32.9 Å². The Hall–Kier alpha value is -0.910. The maximum Gasteiger partial charge on any atom is 0.0860 e. The molecule has 0 aromatic carbocycles. The summed E-state index contributed by atoms with van der Waals surface area (Å²) in [5.41, 5.74) is 0. The highest BCUT2D eigenvalue weighted by atomic mass is 16.3. The van der Waals surface area contributed by atoms with E-state index in [-0.39, 0.29) is 6.10 Å². The average Bonchev–Trinajstić information content (AvgIpc) is 3.07. The fourth-order valence-electron chi connectivity index (χ4n) is 2.13. The molecule has 2 N–H and O–H groups in total. The Bertz CT molecular complexity index is 337. The fourth-order valence-corrected chi connectivity index (χ4v) is 2.13. The van der Waals surface area contributed by atoms with E-state index in [0.717, 1.165) is 12.6 Å². The normalized spacial score (nSPS) is 19.1. The summed E-state index contributed by atoms with van der Waals surface area (Å²) in [6.45, 7) is 4.31. The molecule has 1 heterocycles. The number of aromatic nitrogens is 2. The highest BCUT2D eigenvalue weighted by molar-refractivity contribution is 4.86. The lowest BCUT2D eigenvalue weighted by molar-refractivity contribution is 0.142. The van der Waals surface area contributed by atoms with Crippen molar-refractivity contribution in [2.24, 2.45) is 0 Å². The van der Waals surface area contributed by atoms with Crippen LogP contribution >= 0.6 is 0 Å². The summed E-state index contributed by atoms with van der Waals surface area (Å²) in [6, 6.07) is 3.18. The zero-order valence-electron chi connectivity index (χ0n) is 11.3. The van der Waals surface area contributed by atoms with Gasteiger partial charge in [-0.2, -0.15) is 5.10 Å². The van der Waals surface area contributed by atoms with Gasteiger partial charge in [-0.25, -0.2) is 0 Å². The number of hydrogen-bond donors (Lipinski definition) is 2. The number of aliphatic hydroxyl groups excluding tert-OH is 1. The van der Waals surface area contributed by atoms with Gasteiger partial charge in [0, 0.05) is 37.6 Å². The Kier molecular flexibility index (Phi) is 4.74. The topological polar surface area (TPSA) is 53.3 Å². The van der Waals surface area contributed by atoms with Crippen LogP contribution in [0.15, 0.2) is 18.5 Å². The van der Waals surface area contributed by atoms with Crippen molar-refractivity contribution in [1.29, 1.82) is 0 Å². The maximum absolute atomic E-state index is 9.86. The molecule has 1 saturated carbocycles. The van der Waals surface area contributed by atoms with Crippen LogP contribution < -0.4 is 5.32 Å². The highest BCUT2D eigenvalue weighted by Gasteiger charge is 2.28. The summed E-state index contributed by atoms with van der Waals surface area (Å²) in [5, 5.41) is 17.3. The first kappa shape index (κ1) is 13.5. The minimum absolute atomic E-state index is 0.386. The Morgan fingerprint density at radius 3 is 2.89 bits per heavy atom. The van der Waals surface area contributed by atoms with Gasteiger partial charge in [0.1, 0.15) is 0 Å². The predicted octanol–water partition coefficient (Wildman–Crippen LogP) is 0.316. The second-order valence-corrected chi connectivity index (χ2v) is 5.29. The Morgan fingerprint density at radius 1 is 1.50 bits per heavy atom. The molecule has 1 fully saturated rings. The van der Waals surface area contributed by atoms with E-state index < -0.39 is 0 Å². The number of likely N-dealkylation sites (N-methyl/N-ethyl adjacent to an activating group) is 1. The van der Waals surface area contributed by atoms with Crippen molar-refractivity contribution >= 4 is 0 Å². The van der Waals surface area contributed by atoms with Crippen molar-refractivity contribution in [2.75, 3.05) is 20.1 Å². The molecule has 2 atom stereocenters. The van der Waals surface area contributed by atoms with Gasteiger partial charge >= 0.3 is 0 Å². The van der Waals surface area contributed by atoms with E-state index in [9.17, 15) is 5.11 Å². The number of nitrogens with zero attached hydrogens (tertiary/aromatic N) is 3. The standard InChI is InChI=1S/C13H24N4O/c1-11(16(2)12-4-5-12)8-14-9-13(18)10-17-7-3-6-15-17/h3,6-7,11-14,18H,4-5,8-10H2,1-2H3. The van der Waals surface area contributed by atoms with Crippen LogP contribution in [0, 0.1) is 0 Å². The van der Waals surface area contributed by atoms with Crippen LogP contribution in [-0.2, 0) is 6.54 Å². The van der Waals surface area contributed by atoms with Crippen LogP contribution in [0.5, 0.6) is 0 Å². The maximum atomic E-state index is 9.86. The third-order valence-corrected chi connectivity index (χ3v) is 3.59. The Balaban J connectivity index is 1.59. The van der Waals surface area contributed by atoms with Gasteiger partial charge < -0.3 is 10.4 Å². The summed E-state index contributed by atoms with van der Waals surface area (Å²) in [6.07, 6.45) is 5.88. The first-order chi connectivity index (χ1) is 8.66. The summed E-state index contributed by atoms with van der Waals surface area (Å²) < 4.78 is 1.76. The van der Waals surface area contributed by atoms with E-state index in [4.69, 9.17) is 0 Å². The first-order valence-electron chi connectivity index (χ1n) is 6.75. The quantitative estimate of drug-likeness (QED) is 0.699. The van der Waals surface area contributed by atoms with Gasteiger partial charge in [0.15, 0.2) is 0 Å². The molecule has 0 amide bonds. The van der Waals surface area contributed by atoms with Gasteiger partial charge in [-0.1, -0.05) is 0 Å². The van der Waals surface area contributed by atoms with E-state index in [1.165, 1.54) is 12.8 Å². The Morgan fingerprint density at radius 2 is 2.28 bits per heavy atom. The SMILES string of the molecule is CC(CNCC(O)Cn1cccn1)N(C)C1CC1. The van der Waals surface area contributed by atoms with Gasteiger partial charge in [0.05, 0.1) is 12.6 Å². The van der Waals surface area contributed by atoms with Gasteiger partial charge in [0.2, 0.25) is 0 Å². The first-order valence-corrected chi connectivity index (χ1v) is 6.75. The molecule has 1 aliphatic carbocycles. The molecule has 1 aliphatic rings. The molecule has 1 aromatic heterocycles. The van der Waals surface area contributed by atoms with E-state index in [1.54, 1.807) is 10.9 Å². The molecule has 2 unspecified atom stereocenters. The van der Waals surface area contributed by atoms with E-state index in [1.807, 2.05) is 12.3 Å². The lowest BCUT2D eigenvalue weighted by atomic mass is 10.2. The zero-order chi connectivity index (χ0) is 13.0. The van der Waals surface area contributed by atoms with Crippen molar-refractivity contribution in [2.45, 2.75) is 44.5 Å². The number of nitrogens with one attached hydrogen (secondary N) is 1. The zero-order valence-corrected chi connectivity index (χ0v) is 11.3. The van der Waals surface area contributed by atoms with Crippen molar-refractivity contribution in [3.63, 3.8) is 0 Å². The lowest BCUT2D eigenvalue weighted by Crippen LogP contribution is -2.41. The summed E-state index contributed by atoms with van der Waals surface area (Å²) in [4.78, 5) is 2.42. The van der Waals surface area contributed by atoms with Crippen molar-refractivity contribution in [3.05, 3.63) is 18.5 Å². The molecule has 5 nitrogen and oxygen atoms in total. The monoisotopic (exact) mass is 252 g/mol. The molecule has 0 bridgehead atoms. The number of aliphatic hydroxyl groups is 1. The lowest BCUT2D eigenvalue weighted by Gasteiger charge is -2.25. The smallest absolute Gasteiger partial charge is 0.0860 e. The van der Waals surface area contributed by atoms with Crippen molar-refractivity contribution in [3.8, 4) is 0 Å². The third-order valence-electron chi connectivity index (χ3n) is 3.59. The molecule has 18 heavy (non-hydrogen) atoms. The number of rotatable bonds is 8. The van der Waals surface area contributed by atoms with E-state index >= 15 is 0 Å². The summed E-state index contributed by atoms with van der Waals surface area (Å²) >= 11 is 0. The molecule has 1 aromatic rings. The van der Waals surface area contributed by atoms with Crippen LogP contribution in [0.2, 0.25) is 0 Å². The average molecular weight is 252 g/mol. The minimum atomic E-state index is -0.386. The second kappa shape index (κ2) is 6.31. The van der Waals surface area contributed by atoms with Crippen molar-refractivity contribution < 1.29 is 5.11 Å². The summed E-state index contributed by atoms with van der Waals surface area (Å²) in [7, 11) is 2.18. The largest absolute Gasteiger partial charge is 0.390 e. The minimum Gasteiger partial charge on any atom is -0.390 e. The van der Waals surface area contributed by atoms with Gasteiger partial charge in [-0.3, -0.25) is 9.58 Å². The van der Waals surface area contributed by atoms with Crippen LogP contribution in [0.4, 0.5) is 0 Å². The second-order valence-electron chi connectivity index (χ2n) is 5.29. The summed E-state index contributed by atoms with van der Waals surface area (Å²) in [5.74, 6) is 0. The third kappa shape index (κ3) is 4.08. The van der Waals surface area contributed by atoms with E-state index in [2.05, 4.69) is 29.3 Å². The fraction of sp³-hybridized carbons (Fsp3) is 0.769. The molecule has 2 rings (SSSR count). The van der Waals surface area contributed by atoms with Crippen LogP contribution in [0.1, 0.15) is 19.8 Å². The molecule has 0 saturated heterocycles. The molecule has 5 heteroatoms. The molecule has 0 spiro atoms. The highest BCUT2D eigenvalue weighted by Crippen LogP contribution is 2.26. The molecular formula is C13H24N4O. The van der Waals surface area contributed by atoms with Crippen molar-refractivity contribution in [1.82, 2.24) is 20.0 Å². The van der Waals surface area contributed by atoms with Crippen LogP contribution in [-0.4, -0.2) is 58.1 Å². The van der Waals surface area contributed by atoms with E-state index in [0.29, 0.717) is 19.1 Å².